The van der Waals surface area contributed by atoms with Gasteiger partial charge in [-0.25, -0.2) is 0 Å². The molecule has 0 saturated heterocycles. The maximum Gasteiger partial charge on any atom is 0.252 e. The molecule has 5 heteroatoms. The van der Waals surface area contributed by atoms with Crippen molar-refractivity contribution in [1.29, 1.82) is 0 Å². The van der Waals surface area contributed by atoms with E-state index in [1.807, 2.05) is 24.3 Å². The Balaban J connectivity index is 2.09. The number of pyridine rings is 1. The molecule has 0 spiro atoms. The molecule has 2 aromatic rings. The second-order valence-electron chi connectivity index (χ2n) is 5.51. The summed E-state index contributed by atoms with van der Waals surface area (Å²) in [4.78, 5) is 12.4. The highest BCUT2D eigenvalue weighted by Gasteiger charge is 2.20. The summed E-state index contributed by atoms with van der Waals surface area (Å²) in [6.45, 7) is 6.08. The van der Waals surface area contributed by atoms with Crippen LogP contribution in [0.15, 0.2) is 53.7 Å². The Kier molecular flexibility index (Phi) is 6.04. The zero-order valence-electron chi connectivity index (χ0n) is 13.7. The molecule has 1 aromatic heterocycles. The number of hydrogen-bond donors (Lipinski definition) is 1. The van der Waals surface area contributed by atoms with Gasteiger partial charge in [-0.2, -0.15) is 4.73 Å². The van der Waals surface area contributed by atoms with Crippen molar-refractivity contribution in [3.05, 3.63) is 59.4 Å². The average molecular weight is 330 g/mol. The van der Waals surface area contributed by atoms with Crippen LogP contribution in [-0.4, -0.2) is 11.2 Å². The van der Waals surface area contributed by atoms with Gasteiger partial charge in [-0.3, -0.25) is 4.79 Å². The smallest absolute Gasteiger partial charge is 0.252 e. The highest BCUT2D eigenvalue weighted by molar-refractivity contribution is 8.00. The van der Waals surface area contributed by atoms with Crippen LogP contribution in [0.5, 0.6) is 0 Å². The summed E-state index contributed by atoms with van der Waals surface area (Å²) in [5, 5.41) is 14.8. The van der Waals surface area contributed by atoms with Crippen molar-refractivity contribution in [1.82, 2.24) is 0 Å². The van der Waals surface area contributed by atoms with E-state index in [9.17, 15) is 10.0 Å². The Bertz CT molecular complexity index is 676. The van der Waals surface area contributed by atoms with Gasteiger partial charge < -0.3 is 10.5 Å². The highest BCUT2D eigenvalue weighted by Crippen LogP contribution is 2.28. The monoisotopic (exact) mass is 330 g/mol. The van der Waals surface area contributed by atoms with Crippen molar-refractivity contribution in [2.45, 2.75) is 43.4 Å². The summed E-state index contributed by atoms with van der Waals surface area (Å²) >= 11 is 1.26. The highest BCUT2D eigenvalue weighted by atomic mass is 32.2. The lowest BCUT2D eigenvalue weighted by molar-refractivity contribution is -0.645. The summed E-state index contributed by atoms with van der Waals surface area (Å²) in [6, 6.07) is 13.1. The number of anilines is 1. The van der Waals surface area contributed by atoms with E-state index in [-0.39, 0.29) is 11.2 Å². The second-order valence-corrected chi connectivity index (χ2v) is 6.87. The van der Waals surface area contributed by atoms with Gasteiger partial charge in [0.1, 0.15) is 0 Å². The van der Waals surface area contributed by atoms with Gasteiger partial charge in [-0.15, -0.1) is 0 Å². The van der Waals surface area contributed by atoms with E-state index >= 15 is 0 Å². The summed E-state index contributed by atoms with van der Waals surface area (Å²) in [5.41, 5.74) is 1.99. The van der Waals surface area contributed by atoms with Crippen LogP contribution in [0.25, 0.3) is 0 Å². The number of amides is 1. The molecule has 0 aliphatic heterocycles. The SMILES string of the molecule is CC[C@@H](C)c1ccccc1NC(=O)[C@@H](C)Sc1cccc[n+]1[O-]. The van der Waals surface area contributed by atoms with Gasteiger partial charge in [0, 0.05) is 17.8 Å². The fraction of sp³-hybridized carbons (Fsp3) is 0.333. The topological polar surface area (TPSA) is 56.0 Å². The van der Waals surface area contributed by atoms with E-state index in [4.69, 9.17) is 0 Å². The molecule has 23 heavy (non-hydrogen) atoms. The first-order valence-electron chi connectivity index (χ1n) is 7.77. The van der Waals surface area contributed by atoms with E-state index in [2.05, 4.69) is 19.2 Å². The fourth-order valence-electron chi connectivity index (χ4n) is 2.23. The normalized spacial score (nSPS) is 13.3. The first-order chi connectivity index (χ1) is 11.0. The van der Waals surface area contributed by atoms with Gasteiger partial charge in [-0.05, 0) is 48.7 Å². The van der Waals surface area contributed by atoms with Gasteiger partial charge in [0.05, 0.1) is 5.25 Å². The number of para-hydroxylation sites is 1. The molecule has 2 rings (SSSR count). The third kappa shape index (κ3) is 4.48. The number of aromatic nitrogens is 1. The fourth-order valence-corrected chi connectivity index (χ4v) is 3.08. The van der Waals surface area contributed by atoms with Gasteiger partial charge in [-0.1, -0.05) is 32.0 Å². The van der Waals surface area contributed by atoms with Crippen molar-refractivity contribution >= 4 is 23.4 Å². The van der Waals surface area contributed by atoms with Crippen LogP contribution in [0.2, 0.25) is 0 Å². The molecular weight excluding hydrogens is 308 g/mol. The molecule has 0 aliphatic rings. The molecule has 0 unspecified atom stereocenters. The zero-order chi connectivity index (χ0) is 16.8. The van der Waals surface area contributed by atoms with Crippen molar-refractivity contribution < 1.29 is 9.52 Å². The number of carbonyl (C=O) groups excluding carboxylic acids is 1. The predicted octanol–water partition coefficient (Wildman–Crippen LogP) is 3.95. The first-order valence-corrected chi connectivity index (χ1v) is 8.65. The van der Waals surface area contributed by atoms with Crippen LogP contribution in [0.1, 0.15) is 38.7 Å². The summed E-state index contributed by atoms with van der Waals surface area (Å²) in [7, 11) is 0. The Morgan fingerprint density at radius 1 is 1.22 bits per heavy atom. The molecule has 2 atom stereocenters. The Morgan fingerprint density at radius 3 is 2.61 bits per heavy atom. The van der Waals surface area contributed by atoms with Crippen LogP contribution in [0, 0.1) is 5.21 Å². The molecule has 4 nitrogen and oxygen atoms in total. The molecule has 1 amide bonds. The number of carbonyl (C=O) groups is 1. The third-order valence-corrected chi connectivity index (χ3v) is 4.94. The number of hydrogen-bond acceptors (Lipinski definition) is 3. The lowest BCUT2D eigenvalue weighted by atomic mass is 9.97. The standard InChI is InChI=1S/C18H22N2O2S/c1-4-13(2)15-9-5-6-10-16(15)19-18(21)14(3)23-17-11-7-8-12-20(17)22/h5-14H,4H2,1-3H3,(H,19,21)/t13-,14-/m1/s1. The number of benzene rings is 1. The Labute approximate surface area is 141 Å². The van der Waals surface area contributed by atoms with E-state index < -0.39 is 0 Å². The number of rotatable bonds is 6. The minimum atomic E-state index is -0.359. The lowest BCUT2D eigenvalue weighted by Gasteiger charge is -2.17. The van der Waals surface area contributed by atoms with Gasteiger partial charge in [0.2, 0.25) is 5.91 Å². The van der Waals surface area contributed by atoms with Crippen LogP contribution >= 0.6 is 11.8 Å². The van der Waals surface area contributed by atoms with Crippen LogP contribution < -0.4 is 10.0 Å². The summed E-state index contributed by atoms with van der Waals surface area (Å²) < 4.78 is 0.779. The van der Waals surface area contributed by atoms with E-state index in [0.717, 1.165) is 22.4 Å². The van der Waals surface area contributed by atoms with Gasteiger partial charge >= 0.3 is 0 Å². The third-order valence-electron chi connectivity index (χ3n) is 3.82. The van der Waals surface area contributed by atoms with Crippen molar-refractivity contribution in [2.75, 3.05) is 5.32 Å². The molecule has 0 saturated carbocycles. The number of nitrogens with zero attached hydrogens (tertiary/aromatic N) is 1. The van der Waals surface area contributed by atoms with E-state index in [0.29, 0.717) is 10.9 Å². The second kappa shape index (κ2) is 8.02. The average Bonchev–Trinajstić information content (AvgIpc) is 2.56. The molecule has 1 N–H and O–H groups in total. The molecule has 0 aliphatic carbocycles. The van der Waals surface area contributed by atoms with Crippen LogP contribution in [-0.2, 0) is 4.79 Å². The molecule has 1 heterocycles. The Hall–Kier alpha value is -2.01. The maximum atomic E-state index is 12.4. The Morgan fingerprint density at radius 2 is 1.91 bits per heavy atom. The first kappa shape index (κ1) is 17.3. The molecule has 0 radical (unpaired) electrons. The largest absolute Gasteiger partial charge is 0.618 e. The molecular formula is C18H22N2O2S. The molecule has 0 bridgehead atoms. The molecule has 0 fully saturated rings. The van der Waals surface area contributed by atoms with Crippen molar-refractivity contribution in [3.63, 3.8) is 0 Å². The predicted molar refractivity (Wildman–Crippen MR) is 94.5 cm³/mol. The summed E-state index contributed by atoms with van der Waals surface area (Å²) in [5.74, 6) is 0.280. The van der Waals surface area contributed by atoms with Crippen molar-refractivity contribution in [2.24, 2.45) is 0 Å². The van der Waals surface area contributed by atoms with Gasteiger partial charge in [0.15, 0.2) is 6.20 Å². The molecule has 1 aromatic carbocycles. The summed E-state index contributed by atoms with van der Waals surface area (Å²) in [6.07, 6.45) is 2.45. The van der Waals surface area contributed by atoms with Crippen molar-refractivity contribution in [3.8, 4) is 0 Å². The number of nitrogens with one attached hydrogen (secondary N) is 1. The molecule has 122 valence electrons. The van der Waals surface area contributed by atoms with E-state index in [1.54, 1.807) is 25.1 Å². The van der Waals surface area contributed by atoms with E-state index in [1.165, 1.54) is 18.0 Å². The van der Waals surface area contributed by atoms with Crippen LogP contribution in [0.3, 0.4) is 0 Å². The zero-order valence-corrected chi connectivity index (χ0v) is 14.5. The van der Waals surface area contributed by atoms with Crippen LogP contribution in [0.4, 0.5) is 5.69 Å². The number of thioether (sulfide) groups is 1. The quantitative estimate of drug-likeness (QED) is 0.495. The lowest BCUT2D eigenvalue weighted by Crippen LogP contribution is -2.30. The minimum absolute atomic E-state index is 0.102. The maximum absolute atomic E-state index is 12.4. The van der Waals surface area contributed by atoms with Gasteiger partial charge in [0.25, 0.3) is 5.03 Å². The minimum Gasteiger partial charge on any atom is -0.618 e.